The summed E-state index contributed by atoms with van der Waals surface area (Å²) in [5, 5.41) is 3.16. The van der Waals surface area contributed by atoms with Crippen molar-refractivity contribution in [1.82, 2.24) is 20.2 Å². The molecule has 2 heterocycles. The van der Waals surface area contributed by atoms with Crippen molar-refractivity contribution < 1.29 is 9.53 Å². The highest BCUT2D eigenvalue weighted by atomic mass is 16.5. The van der Waals surface area contributed by atoms with Crippen molar-refractivity contribution in [3.63, 3.8) is 0 Å². The lowest BCUT2D eigenvalue weighted by molar-refractivity contribution is -0.128. The van der Waals surface area contributed by atoms with Gasteiger partial charge in [-0.25, -0.2) is 4.98 Å². The van der Waals surface area contributed by atoms with Gasteiger partial charge < -0.3 is 10.1 Å². The molecule has 130 valence electrons. The summed E-state index contributed by atoms with van der Waals surface area (Å²) in [7, 11) is 0. The number of carbonyl (C=O) groups is 1. The number of aromatic nitrogens is 2. The highest BCUT2D eigenvalue weighted by Crippen LogP contribution is 2.27. The first-order chi connectivity index (χ1) is 12.3. The van der Waals surface area contributed by atoms with Gasteiger partial charge in [-0.1, -0.05) is 25.0 Å². The predicted octanol–water partition coefficient (Wildman–Crippen LogP) is 2.51. The Labute approximate surface area is 147 Å². The molecule has 1 aromatic carbocycles. The van der Waals surface area contributed by atoms with Crippen LogP contribution in [0.5, 0.6) is 11.6 Å². The van der Waals surface area contributed by atoms with Gasteiger partial charge in [0.05, 0.1) is 12.7 Å². The fourth-order valence-electron chi connectivity index (χ4n) is 3.80. The monoisotopic (exact) mass is 338 g/mol. The Morgan fingerprint density at radius 3 is 2.80 bits per heavy atom. The number of fused-ring (bicyclic) bond motifs is 1. The van der Waals surface area contributed by atoms with E-state index in [-0.39, 0.29) is 5.91 Å². The van der Waals surface area contributed by atoms with Crippen LogP contribution in [0, 0.1) is 0 Å². The first-order valence-electron chi connectivity index (χ1n) is 8.84. The molecular weight excluding hydrogens is 316 g/mol. The minimum atomic E-state index is 0.144. The first kappa shape index (κ1) is 16.0. The zero-order valence-corrected chi connectivity index (χ0v) is 14.1. The minimum absolute atomic E-state index is 0.144. The number of nitrogens with one attached hydrogen (secondary N) is 1. The van der Waals surface area contributed by atoms with Crippen LogP contribution in [0.2, 0.25) is 0 Å². The molecule has 0 bridgehead atoms. The van der Waals surface area contributed by atoms with E-state index in [0.29, 0.717) is 24.5 Å². The molecule has 1 aliphatic heterocycles. The third kappa shape index (κ3) is 3.79. The van der Waals surface area contributed by atoms with Gasteiger partial charge in [0, 0.05) is 31.0 Å². The lowest BCUT2D eigenvalue weighted by atomic mass is 9.87. The summed E-state index contributed by atoms with van der Waals surface area (Å²) in [5.74, 6) is 1.36. The molecule has 25 heavy (non-hydrogen) atoms. The fraction of sp³-hybridized carbons (Fsp3) is 0.421. The normalized spacial score (nSPS) is 23.6. The van der Waals surface area contributed by atoms with Crippen LogP contribution in [-0.2, 0) is 11.3 Å². The Hall–Kier alpha value is -2.47. The van der Waals surface area contributed by atoms with E-state index in [1.165, 1.54) is 24.8 Å². The lowest BCUT2D eigenvalue weighted by Crippen LogP contribution is -2.61. The smallest absolute Gasteiger partial charge is 0.237 e. The van der Waals surface area contributed by atoms with E-state index in [2.05, 4.69) is 32.3 Å². The number of hydrogen-bond acceptors (Lipinski definition) is 5. The predicted molar refractivity (Wildman–Crippen MR) is 93.1 cm³/mol. The van der Waals surface area contributed by atoms with Crippen LogP contribution < -0.4 is 10.1 Å². The van der Waals surface area contributed by atoms with Crippen molar-refractivity contribution in [2.45, 2.75) is 44.3 Å². The molecule has 1 aromatic heterocycles. The third-order valence-corrected chi connectivity index (χ3v) is 4.96. The van der Waals surface area contributed by atoms with Crippen LogP contribution in [-0.4, -0.2) is 39.4 Å². The van der Waals surface area contributed by atoms with Crippen LogP contribution in [0.15, 0.2) is 42.9 Å². The number of rotatable bonds is 4. The van der Waals surface area contributed by atoms with Gasteiger partial charge >= 0.3 is 0 Å². The number of carbonyl (C=O) groups excluding carboxylic acids is 1. The Balaban J connectivity index is 1.42. The van der Waals surface area contributed by atoms with Crippen LogP contribution in [0.25, 0.3) is 0 Å². The molecule has 2 fully saturated rings. The van der Waals surface area contributed by atoms with Crippen molar-refractivity contribution in [3.05, 3.63) is 48.4 Å². The number of amides is 1. The van der Waals surface area contributed by atoms with Gasteiger partial charge in [-0.15, -0.1) is 0 Å². The number of ether oxygens (including phenoxy) is 1. The van der Waals surface area contributed by atoms with E-state index >= 15 is 0 Å². The fourth-order valence-corrected chi connectivity index (χ4v) is 3.80. The van der Waals surface area contributed by atoms with Gasteiger partial charge in [0.25, 0.3) is 0 Å². The molecule has 0 unspecified atom stereocenters. The zero-order valence-electron chi connectivity index (χ0n) is 14.1. The molecule has 1 N–H and O–H groups in total. The summed E-state index contributed by atoms with van der Waals surface area (Å²) in [4.78, 5) is 22.4. The van der Waals surface area contributed by atoms with E-state index in [1.54, 1.807) is 18.6 Å². The van der Waals surface area contributed by atoms with E-state index < -0.39 is 0 Å². The van der Waals surface area contributed by atoms with Crippen molar-refractivity contribution in [1.29, 1.82) is 0 Å². The van der Waals surface area contributed by atoms with Crippen molar-refractivity contribution in [2.75, 3.05) is 6.54 Å². The van der Waals surface area contributed by atoms with Crippen molar-refractivity contribution in [2.24, 2.45) is 0 Å². The molecule has 2 atom stereocenters. The molecule has 2 aromatic rings. The average Bonchev–Trinajstić information content (AvgIpc) is 2.64. The molecule has 1 aliphatic carbocycles. The van der Waals surface area contributed by atoms with Crippen LogP contribution >= 0.6 is 0 Å². The highest BCUT2D eigenvalue weighted by molar-refractivity contribution is 5.79. The molecule has 6 heteroatoms. The van der Waals surface area contributed by atoms with Crippen molar-refractivity contribution >= 4 is 5.91 Å². The van der Waals surface area contributed by atoms with Crippen molar-refractivity contribution in [3.8, 4) is 11.6 Å². The zero-order chi connectivity index (χ0) is 17.1. The van der Waals surface area contributed by atoms with Gasteiger partial charge in [-0.05, 0) is 30.5 Å². The van der Waals surface area contributed by atoms with Gasteiger partial charge in [-0.3, -0.25) is 14.7 Å². The molecule has 2 aliphatic rings. The number of piperazine rings is 1. The number of nitrogens with zero attached hydrogens (tertiary/aromatic N) is 3. The van der Waals surface area contributed by atoms with Crippen LogP contribution in [0.4, 0.5) is 0 Å². The van der Waals surface area contributed by atoms with Gasteiger partial charge in [0.1, 0.15) is 5.75 Å². The quantitative estimate of drug-likeness (QED) is 0.928. The topological polar surface area (TPSA) is 67.4 Å². The molecule has 1 saturated carbocycles. The first-order valence-corrected chi connectivity index (χ1v) is 8.84. The summed E-state index contributed by atoms with van der Waals surface area (Å²) in [6.07, 6.45) is 9.52. The highest BCUT2D eigenvalue weighted by Gasteiger charge is 2.36. The molecule has 1 saturated heterocycles. The standard InChI is InChI=1S/C19H22N4O2/c24-18-13-23(17-4-2-1-3-16(17)22-18)12-14-5-7-15(8-6-14)25-19-11-20-9-10-21-19/h5-11,16-17H,1-4,12-13H2,(H,22,24)/t16-,17+/m0/s1. The molecule has 4 rings (SSSR count). The molecule has 0 radical (unpaired) electrons. The third-order valence-electron chi connectivity index (χ3n) is 4.96. The maximum atomic E-state index is 12.0. The second-order valence-electron chi connectivity index (χ2n) is 6.72. The summed E-state index contributed by atoms with van der Waals surface area (Å²) in [6, 6.07) is 8.75. The van der Waals surface area contributed by atoms with E-state index in [0.717, 1.165) is 18.7 Å². The molecule has 6 nitrogen and oxygen atoms in total. The largest absolute Gasteiger partial charge is 0.438 e. The molecule has 1 amide bonds. The second kappa shape index (κ2) is 7.19. The van der Waals surface area contributed by atoms with Crippen LogP contribution in [0.1, 0.15) is 31.2 Å². The summed E-state index contributed by atoms with van der Waals surface area (Å²) < 4.78 is 5.67. The van der Waals surface area contributed by atoms with E-state index in [4.69, 9.17) is 4.74 Å². The SMILES string of the molecule is O=C1CN(Cc2ccc(Oc3cnccn3)cc2)[C@@H]2CCCC[C@@H]2N1. The van der Waals surface area contributed by atoms with Crippen LogP contribution in [0.3, 0.4) is 0 Å². The Kier molecular flexibility index (Phi) is 4.61. The lowest BCUT2D eigenvalue weighted by Gasteiger charge is -2.44. The number of hydrogen-bond donors (Lipinski definition) is 1. The summed E-state index contributed by atoms with van der Waals surface area (Å²) >= 11 is 0. The minimum Gasteiger partial charge on any atom is -0.438 e. The molecular formula is C19H22N4O2. The molecule has 0 spiro atoms. The maximum Gasteiger partial charge on any atom is 0.237 e. The van der Waals surface area contributed by atoms with Gasteiger partial charge in [0.15, 0.2) is 0 Å². The van der Waals surface area contributed by atoms with Gasteiger partial charge in [0.2, 0.25) is 11.8 Å². The average molecular weight is 338 g/mol. The number of benzene rings is 1. The second-order valence-corrected chi connectivity index (χ2v) is 6.72. The Morgan fingerprint density at radius 1 is 1.16 bits per heavy atom. The van der Waals surface area contributed by atoms with E-state index in [9.17, 15) is 4.79 Å². The van der Waals surface area contributed by atoms with Gasteiger partial charge in [-0.2, -0.15) is 0 Å². The Morgan fingerprint density at radius 2 is 2.00 bits per heavy atom. The summed E-state index contributed by atoms with van der Waals surface area (Å²) in [6.45, 7) is 1.28. The maximum absolute atomic E-state index is 12.0. The van der Waals surface area contributed by atoms with E-state index in [1.807, 2.05) is 12.1 Å². The summed E-state index contributed by atoms with van der Waals surface area (Å²) in [5.41, 5.74) is 1.19. The Bertz CT molecular complexity index is 720.